The maximum Gasteiger partial charge on any atom is 0.216 e. The summed E-state index contributed by atoms with van der Waals surface area (Å²) in [6, 6.07) is 20.4. The summed E-state index contributed by atoms with van der Waals surface area (Å²) in [7, 11) is -3.88. The van der Waals surface area contributed by atoms with E-state index in [-0.39, 0.29) is 9.80 Å². The first-order valence-corrected chi connectivity index (χ1v) is 9.24. The highest BCUT2D eigenvalue weighted by Crippen LogP contribution is 2.25. The van der Waals surface area contributed by atoms with Crippen molar-refractivity contribution < 1.29 is 8.42 Å². The van der Waals surface area contributed by atoms with Crippen LogP contribution < -0.4 is 0 Å². The van der Waals surface area contributed by atoms with Gasteiger partial charge >= 0.3 is 0 Å². The van der Waals surface area contributed by atoms with Gasteiger partial charge in [-0.3, -0.25) is 0 Å². The molecule has 0 fully saturated rings. The van der Waals surface area contributed by atoms with Crippen LogP contribution in [0.3, 0.4) is 0 Å². The number of nitriles is 1. The van der Waals surface area contributed by atoms with Gasteiger partial charge in [-0.05, 0) is 42.5 Å². The normalized spacial score (nSPS) is 11.9. The molecule has 3 aromatic rings. The average molecular weight is 369 g/mol. The van der Waals surface area contributed by atoms with Crippen molar-refractivity contribution in [1.29, 1.82) is 5.26 Å². The zero-order valence-electron chi connectivity index (χ0n) is 13.0. The van der Waals surface area contributed by atoms with E-state index in [9.17, 15) is 13.7 Å². The number of para-hydroxylation sites is 1. The van der Waals surface area contributed by atoms with Crippen LogP contribution in [0.2, 0.25) is 5.02 Å². The first kappa shape index (κ1) is 17.0. The lowest BCUT2D eigenvalue weighted by molar-refractivity contribution is 0.603. The second-order valence-electron chi connectivity index (χ2n) is 5.19. The Balaban J connectivity index is 2.11. The fourth-order valence-electron chi connectivity index (χ4n) is 2.41. The van der Waals surface area contributed by atoms with Gasteiger partial charge in [0.1, 0.15) is 6.07 Å². The van der Waals surface area contributed by atoms with Crippen molar-refractivity contribution in [3.05, 3.63) is 88.5 Å². The highest BCUT2D eigenvalue weighted by Gasteiger charge is 2.21. The molecule has 6 heteroatoms. The number of halogens is 1. The van der Waals surface area contributed by atoms with Crippen LogP contribution in [0.1, 0.15) is 5.69 Å². The Morgan fingerprint density at radius 2 is 1.68 bits per heavy atom. The molecule has 0 atom stereocenters. The van der Waals surface area contributed by atoms with Crippen molar-refractivity contribution >= 4 is 27.5 Å². The second-order valence-corrected chi connectivity index (χ2v) is 7.52. The molecule has 3 rings (SSSR count). The topological polar surface area (TPSA) is 62.9 Å². The first-order chi connectivity index (χ1) is 12.0. The van der Waals surface area contributed by atoms with Crippen LogP contribution in [0, 0.1) is 11.3 Å². The summed E-state index contributed by atoms with van der Waals surface area (Å²) in [5.41, 5.74) is 1.25. The van der Waals surface area contributed by atoms with E-state index in [1.165, 1.54) is 18.2 Å². The molecule has 0 aliphatic rings. The van der Waals surface area contributed by atoms with Crippen LogP contribution in [0.15, 0.2) is 82.7 Å². The Morgan fingerprint density at radius 1 is 1.00 bits per heavy atom. The fourth-order valence-corrected chi connectivity index (χ4v) is 3.80. The number of allylic oxidation sites excluding steroid dienone is 1. The summed E-state index contributed by atoms with van der Waals surface area (Å²) in [4.78, 5) is -0.246. The number of aromatic nitrogens is 1. The van der Waals surface area contributed by atoms with Crippen LogP contribution in [0.4, 0.5) is 0 Å². The molecule has 0 saturated heterocycles. The van der Waals surface area contributed by atoms with E-state index in [2.05, 4.69) is 0 Å². The van der Waals surface area contributed by atoms with Gasteiger partial charge in [-0.25, -0.2) is 8.42 Å². The van der Waals surface area contributed by atoms with Gasteiger partial charge in [-0.2, -0.15) is 5.26 Å². The predicted octanol–water partition coefficient (Wildman–Crippen LogP) is 4.47. The van der Waals surface area contributed by atoms with Crippen LogP contribution in [0.25, 0.3) is 11.8 Å². The number of sulfone groups is 1. The SMILES string of the molecule is N#C/C(=C\c1cccn1-c1ccccc1Cl)S(=O)(=O)c1ccccc1. The number of hydrogen-bond acceptors (Lipinski definition) is 3. The molecule has 1 heterocycles. The van der Waals surface area contributed by atoms with Gasteiger partial charge in [0, 0.05) is 11.9 Å². The van der Waals surface area contributed by atoms with Gasteiger partial charge in [-0.15, -0.1) is 0 Å². The Labute approximate surface area is 151 Å². The zero-order chi connectivity index (χ0) is 17.9. The van der Waals surface area contributed by atoms with Gasteiger partial charge in [0.05, 0.1) is 15.6 Å². The quantitative estimate of drug-likeness (QED) is 0.638. The van der Waals surface area contributed by atoms with E-state index in [0.29, 0.717) is 16.4 Å². The lowest BCUT2D eigenvalue weighted by Gasteiger charge is -2.09. The van der Waals surface area contributed by atoms with Crippen molar-refractivity contribution in [2.45, 2.75) is 4.90 Å². The van der Waals surface area contributed by atoms with Crippen molar-refractivity contribution in [1.82, 2.24) is 4.57 Å². The Hall–Kier alpha value is -2.81. The lowest BCUT2D eigenvalue weighted by atomic mass is 10.3. The lowest BCUT2D eigenvalue weighted by Crippen LogP contribution is -2.04. The minimum Gasteiger partial charge on any atom is -0.316 e. The standard InChI is InChI=1S/C19H13ClN2O2S/c20-18-10-4-5-11-19(18)22-12-6-7-15(22)13-17(14-21)25(23,24)16-8-2-1-3-9-16/h1-13H/b17-13+. The van der Waals surface area contributed by atoms with Gasteiger partial charge in [0.15, 0.2) is 4.91 Å². The van der Waals surface area contributed by atoms with Crippen molar-refractivity contribution in [2.75, 3.05) is 0 Å². The van der Waals surface area contributed by atoms with Gasteiger partial charge < -0.3 is 4.57 Å². The van der Waals surface area contributed by atoms with E-state index < -0.39 is 9.84 Å². The van der Waals surface area contributed by atoms with E-state index in [1.807, 2.05) is 18.2 Å². The molecule has 0 aliphatic heterocycles. The number of rotatable bonds is 4. The monoisotopic (exact) mass is 368 g/mol. The number of benzene rings is 2. The van der Waals surface area contributed by atoms with Gasteiger partial charge in [0.2, 0.25) is 9.84 Å². The average Bonchev–Trinajstić information content (AvgIpc) is 3.08. The molecule has 0 bridgehead atoms. The van der Waals surface area contributed by atoms with Crippen LogP contribution in [-0.2, 0) is 9.84 Å². The highest BCUT2D eigenvalue weighted by atomic mass is 35.5. The van der Waals surface area contributed by atoms with Gasteiger partial charge in [-0.1, -0.05) is 41.9 Å². The minimum absolute atomic E-state index is 0.0821. The number of nitrogens with zero attached hydrogens (tertiary/aromatic N) is 2. The van der Waals surface area contributed by atoms with Gasteiger partial charge in [0.25, 0.3) is 0 Å². The molecule has 0 amide bonds. The molecule has 25 heavy (non-hydrogen) atoms. The Bertz CT molecular complexity index is 1080. The molecule has 124 valence electrons. The van der Waals surface area contributed by atoms with Crippen molar-refractivity contribution in [2.24, 2.45) is 0 Å². The summed E-state index contributed by atoms with van der Waals surface area (Å²) in [6.45, 7) is 0. The van der Waals surface area contributed by atoms with Crippen LogP contribution in [0.5, 0.6) is 0 Å². The molecule has 0 aliphatic carbocycles. The fraction of sp³-hybridized carbons (Fsp3) is 0. The van der Waals surface area contributed by atoms with E-state index in [0.717, 1.165) is 0 Å². The number of hydrogen-bond donors (Lipinski definition) is 0. The van der Waals surface area contributed by atoms with Crippen LogP contribution >= 0.6 is 11.6 Å². The van der Waals surface area contributed by atoms with Crippen molar-refractivity contribution in [3.8, 4) is 11.8 Å². The van der Waals surface area contributed by atoms with E-state index in [1.54, 1.807) is 53.2 Å². The third-order valence-corrected chi connectivity index (χ3v) is 5.63. The molecular weight excluding hydrogens is 356 g/mol. The molecular formula is C19H13ClN2O2S. The molecule has 0 spiro atoms. The molecule has 0 saturated carbocycles. The molecule has 2 aromatic carbocycles. The molecule has 4 nitrogen and oxygen atoms in total. The molecule has 0 radical (unpaired) electrons. The Kier molecular flexibility index (Phi) is 4.75. The van der Waals surface area contributed by atoms with E-state index >= 15 is 0 Å². The maximum atomic E-state index is 12.7. The minimum atomic E-state index is -3.88. The smallest absolute Gasteiger partial charge is 0.216 e. The summed E-state index contributed by atoms with van der Waals surface area (Å²) >= 11 is 6.22. The largest absolute Gasteiger partial charge is 0.316 e. The molecule has 0 N–H and O–H groups in total. The third-order valence-electron chi connectivity index (χ3n) is 3.62. The molecule has 0 unspecified atom stereocenters. The van der Waals surface area contributed by atoms with Crippen LogP contribution in [-0.4, -0.2) is 13.0 Å². The maximum absolute atomic E-state index is 12.7. The predicted molar refractivity (Wildman–Crippen MR) is 98.0 cm³/mol. The zero-order valence-corrected chi connectivity index (χ0v) is 14.6. The summed E-state index contributed by atoms with van der Waals surface area (Å²) < 4.78 is 27.1. The third kappa shape index (κ3) is 3.36. The second kappa shape index (κ2) is 6.98. The van der Waals surface area contributed by atoms with Crippen molar-refractivity contribution in [3.63, 3.8) is 0 Å². The summed E-state index contributed by atoms with van der Waals surface area (Å²) in [5.74, 6) is 0. The summed E-state index contributed by atoms with van der Waals surface area (Å²) in [5, 5.41) is 9.93. The summed E-state index contributed by atoms with van der Waals surface area (Å²) in [6.07, 6.45) is 3.11. The molecule has 1 aromatic heterocycles. The highest BCUT2D eigenvalue weighted by molar-refractivity contribution is 7.95. The first-order valence-electron chi connectivity index (χ1n) is 7.38. The Morgan fingerprint density at radius 3 is 2.36 bits per heavy atom. The van der Waals surface area contributed by atoms with E-state index in [4.69, 9.17) is 11.6 Å².